The second-order valence-corrected chi connectivity index (χ2v) is 11.9. The largest absolute Gasteiger partial charge is 0.422 e. The normalized spacial score (nSPS) is 27.8. The van der Waals surface area contributed by atoms with Crippen LogP contribution in [0.15, 0.2) is 43.0 Å². The summed E-state index contributed by atoms with van der Waals surface area (Å²) < 4.78 is 97.3. The Morgan fingerprint density at radius 2 is 1.15 bits per heavy atom. The van der Waals surface area contributed by atoms with Gasteiger partial charge in [-0.2, -0.15) is 13.2 Å². The van der Waals surface area contributed by atoms with E-state index in [9.17, 15) is 22.0 Å². The Morgan fingerprint density at radius 1 is 0.650 bits per heavy atom. The minimum Gasteiger partial charge on any atom is -0.206 e. The van der Waals surface area contributed by atoms with Gasteiger partial charge in [-0.25, -0.2) is 17.6 Å². The molecule has 2 fully saturated rings. The van der Waals surface area contributed by atoms with Crippen LogP contribution in [0.2, 0.25) is 0 Å². The first-order valence-electron chi connectivity index (χ1n) is 14.4. The fourth-order valence-electron chi connectivity index (χ4n) is 7.36. The minimum absolute atomic E-state index is 0.0806. The molecule has 2 aromatic rings. The summed E-state index contributed by atoms with van der Waals surface area (Å²) >= 11 is 0. The molecule has 1 unspecified atom stereocenters. The monoisotopic (exact) mass is 564 g/mol. The minimum atomic E-state index is -5.07. The zero-order valence-corrected chi connectivity index (χ0v) is 22.5. The molecule has 216 valence electrons. The van der Waals surface area contributed by atoms with Crippen LogP contribution in [0, 0.1) is 41.0 Å². The Morgan fingerprint density at radius 3 is 1.60 bits per heavy atom. The lowest BCUT2D eigenvalue weighted by atomic mass is 9.70. The van der Waals surface area contributed by atoms with E-state index < -0.39 is 35.0 Å². The van der Waals surface area contributed by atoms with Crippen LogP contribution in [0.3, 0.4) is 0 Å². The lowest BCUT2D eigenvalue weighted by molar-refractivity contribution is -0.142. The van der Waals surface area contributed by atoms with Gasteiger partial charge in [0.15, 0.2) is 0 Å². The maximum absolute atomic E-state index is 15.2. The number of rotatable bonds is 5. The molecular formula is C33H35F7. The van der Waals surface area contributed by atoms with Crippen molar-refractivity contribution in [1.29, 1.82) is 0 Å². The molecule has 1 atom stereocenters. The molecule has 0 aromatic heterocycles. The van der Waals surface area contributed by atoms with Crippen LogP contribution in [-0.4, -0.2) is 0 Å². The number of allylic oxidation sites excluding steroid dienone is 3. The van der Waals surface area contributed by atoms with E-state index in [1.165, 1.54) is 12.1 Å². The van der Waals surface area contributed by atoms with Crippen LogP contribution in [0.25, 0.3) is 5.57 Å². The van der Waals surface area contributed by atoms with Crippen molar-refractivity contribution in [1.82, 2.24) is 0 Å². The molecule has 5 rings (SSSR count). The second kappa shape index (κ2) is 11.7. The molecule has 0 spiro atoms. The van der Waals surface area contributed by atoms with Crippen molar-refractivity contribution < 1.29 is 30.7 Å². The van der Waals surface area contributed by atoms with Gasteiger partial charge in [0.05, 0.1) is 0 Å². The molecule has 2 saturated carbocycles. The molecule has 0 N–H and O–H groups in total. The Kier molecular flexibility index (Phi) is 8.49. The van der Waals surface area contributed by atoms with Gasteiger partial charge in [-0.1, -0.05) is 12.2 Å². The first kappa shape index (κ1) is 28.9. The third kappa shape index (κ3) is 6.03. The summed E-state index contributed by atoms with van der Waals surface area (Å²) in [4.78, 5) is 0. The number of benzene rings is 2. The highest BCUT2D eigenvalue weighted by Gasteiger charge is 2.39. The summed E-state index contributed by atoms with van der Waals surface area (Å²) in [5.74, 6) is -2.96. The van der Waals surface area contributed by atoms with Gasteiger partial charge >= 0.3 is 6.18 Å². The van der Waals surface area contributed by atoms with Crippen LogP contribution in [0.1, 0.15) is 105 Å². The number of halogens is 7. The lowest BCUT2D eigenvalue weighted by Gasteiger charge is -2.36. The van der Waals surface area contributed by atoms with E-state index in [0.717, 1.165) is 62.6 Å². The van der Waals surface area contributed by atoms with Gasteiger partial charge in [0.2, 0.25) is 0 Å². The highest BCUT2D eigenvalue weighted by Crippen LogP contribution is 2.46. The van der Waals surface area contributed by atoms with E-state index in [0.29, 0.717) is 49.0 Å². The zero-order chi connectivity index (χ0) is 28.6. The number of hydrogen-bond acceptors (Lipinski definition) is 0. The van der Waals surface area contributed by atoms with Crippen molar-refractivity contribution in [2.24, 2.45) is 17.8 Å². The highest BCUT2D eigenvalue weighted by molar-refractivity contribution is 5.67. The predicted molar refractivity (Wildman–Crippen MR) is 143 cm³/mol. The van der Waals surface area contributed by atoms with Gasteiger partial charge in [-0.3, -0.25) is 0 Å². The average Bonchev–Trinajstić information content (AvgIpc) is 2.92. The molecule has 0 bridgehead atoms. The van der Waals surface area contributed by atoms with Gasteiger partial charge < -0.3 is 0 Å². The maximum Gasteiger partial charge on any atom is 0.422 e. The van der Waals surface area contributed by atoms with Crippen molar-refractivity contribution >= 4 is 5.57 Å². The van der Waals surface area contributed by atoms with Crippen molar-refractivity contribution in [3.8, 4) is 0 Å². The third-order valence-corrected chi connectivity index (χ3v) is 9.67. The lowest BCUT2D eigenvalue weighted by Crippen LogP contribution is -2.23. The molecule has 7 heteroatoms. The molecule has 0 saturated heterocycles. The van der Waals surface area contributed by atoms with E-state index in [1.54, 1.807) is 0 Å². The molecule has 40 heavy (non-hydrogen) atoms. The third-order valence-electron chi connectivity index (χ3n) is 9.67. The molecule has 0 amide bonds. The Bertz CT molecular complexity index is 1210. The molecule has 3 aliphatic carbocycles. The van der Waals surface area contributed by atoms with E-state index >= 15 is 8.78 Å². The Hall–Kier alpha value is -2.57. The van der Waals surface area contributed by atoms with Gasteiger partial charge in [0.1, 0.15) is 28.8 Å². The standard InChI is InChI=1S/C33H35F7/c1-2-19-3-5-22(6-4-19)25-15-27(34)31(28(35)16-25)24-13-11-21(12-14-24)20-7-9-23(10-8-20)26-17-29(36)32(30(37)18-26)33(38,39)40/h2,13,15-23H,1,3-12,14H2. The SMILES string of the molecule is C=CC1CCC(c2cc(F)c(C3=CCC(C4CCC(c5cc(F)c(C(F)(F)F)c(F)c5)CC4)CC3)c(F)c2)CC1. The van der Waals surface area contributed by atoms with Crippen LogP contribution in [-0.2, 0) is 6.18 Å². The quantitative estimate of drug-likeness (QED) is 0.250. The summed E-state index contributed by atoms with van der Waals surface area (Å²) in [5.41, 5.74) is -0.0435. The first-order valence-corrected chi connectivity index (χ1v) is 14.4. The smallest absolute Gasteiger partial charge is 0.206 e. The van der Waals surface area contributed by atoms with E-state index in [2.05, 4.69) is 6.58 Å². The number of hydrogen-bond donors (Lipinski definition) is 0. The molecular weight excluding hydrogens is 529 g/mol. The van der Waals surface area contributed by atoms with Gasteiger partial charge in [-0.05, 0) is 141 Å². The molecule has 0 heterocycles. The molecule has 2 aromatic carbocycles. The zero-order valence-electron chi connectivity index (χ0n) is 22.5. The van der Waals surface area contributed by atoms with Crippen molar-refractivity contribution in [3.63, 3.8) is 0 Å². The van der Waals surface area contributed by atoms with Crippen LogP contribution in [0.5, 0.6) is 0 Å². The highest BCUT2D eigenvalue weighted by atomic mass is 19.4. The van der Waals surface area contributed by atoms with E-state index in [4.69, 9.17) is 0 Å². The van der Waals surface area contributed by atoms with Gasteiger partial charge in [0, 0.05) is 5.56 Å². The Balaban J connectivity index is 1.20. The van der Waals surface area contributed by atoms with E-state index in [-0.39, 0.29) is 23.0 Å². The fraction of sp³-hybridized carbons (Fsp3) is 0.515. The second-order valence-electron chi connectivity index (χ2n) is 11.9. The average molecular weight is 565 g/mol. The molecule has 3 aliphatic rings. The van der Waals surface area contributed by atoms with Crippen molar-refractivity contribution in [2.45, 2.75) is 88.6 Å². The fourth-order valence-corrected chi connectivity index (χ4v) is 7.36. The molecule has 0 nitrogen and oxygen atoms in total. The first-order chi connectivity index (χ1) is 19.0. The van der Waals surface area contributed by atoms with Crippen LogP contribution in [0.4, 0.5) is 30.7 Å². The number of alkyl halides is 3. The summed E-state index contributed by atoms with van der Waals surface area (Å²) in [5, 5.41) is 0. The van der Waals surface area contributed by atoms with Crippen molar-refractivity contribution in [3.05, 3.63) is 88.5 Å². The topological polar surface area (TPSA) is 0 Å². The van der Waals surface area contributed by atoms with Crippen LogP contribution >= 0.6 is 0 Å². The maximum atomic E-state index is 15.2. The van der Waals surface area contributed by atoms with Crippen molar-refractivity contribution in [2.75, 3.05) is 0 Å². The molecule has 0 radical (unpaired) electrons. The van der Waals surface area contributed by atoms with Gasteiger partial charge in [-0.15, -0.1) is 6.58 Å². The predicted octanol–water partition coefficient (Wildman–Crippen LogP) is 10.9. The van der Waals surface area contributed by atoms with Gasteiger partial charge in [0.25, 0.3) is 0 Å². The summed E-state index contributed by atoms with van der Waals surface area (Å²) in [6.07, 6.45) is 7.62. The van der Waals surface area contributed by atoms with Crippen LogP contribution < -0.4 is 0 Å². The van der Waals surface area contributed by atoms with E-state index in [1.807, 2.05) is 12.2 Å². The Labute approximate surface area is 231 Å². The summed E-state index contributed by atoms with van der Waals surface area (Å²) in [6, 6.07) is 4.68. The summed E-state index contributed by atoms with van der Waals surface area (Å²) in [6.45, 7) is 3.86. The summed E-state index contributed by atoms with van der Waals surface area (Å²) in [7, 11) is 0. The molecule has 0 aliphatic heterocycles.